The van der Waals surface area contributed by atoms with Gasteiger partial charge >= 0.3 is 0 Å². The number of hydrogen-bond donors (Lipinski definition) is 1. The summed E-state index contributed by atoms with van der Waals surface area (Å²) in [6, 6.07) is 18.0. The highest BCUT2D eigenvalue weighted by Crippen LogP contribution is 2.32. The summed E-state index contributed by atoms with van der Waals surface area (Å²) in [4.78, 5) is 9.34. The maximum absolute atomic E-state index is 5.96. The number of anilines is 1. The van der Waals surface area contributed by atoms with E-state index in [1.54, 1.807) is 10.9 Å². The van der Waals surface area contributed by atoms with Crippen LogP contribution in [0.3, 0.4) is 0 Å². The zero-order valence-corrected chi connectivity index (χ0v) is 14.0. The average Bonchev–Trinajstić information content (AvgIpc) is 3.31. The first-order valence-corrected chi connectivity index (χ1v) is 8.66. The topological polar surface area (TPSA) is 64.9 Å². The molecule has 2 heterocycles. The molecule has 1 aliphatic rings. The van der Waals surface area contributed by atoms with Crippen LogP contribution in [0, 0.1) is 0 Å². The lowest BCUT2D eigenvalue weighted by atomic mass is 10.2. The van der Waals surface area contributed by atoms with Crippen LogP contribution in [0.1, 0.15) is 12.8 Å². The highest BCUT2D eigenvalue weighted by molar-refractivity contribution is 5.91. The van der Waals surface area contributed by atoms with E-state index in [2.05, 4.69) is 15.4 Å². The van der Waals surface area contributed by atoms with Gasteiger partial charge in [-0.3, -0.25) is 0 Å². The second kappa shape index (κ2) is 6.15. The maximum atomic E-state index is 5.96. The molecule has 0 spiro atoms. The summed E-state index contributed by atoms with van der Waals surface area (Å²) in [6.45, 7) is 0. The van der Waals surface area contributed by atoms with Crippen LogP contribution in [0.25, 0.3) is 16.9 Å². The summed E-state index contributed by atoms with van der Waals surface area (Å²) < 4.78 is 7.64. The van der Waals surface area contributed by atoms with Crippen molar-refractivity contribution in [3.05, 3.63) is 67.0 Å². The van der Waals surface area contributed by atoms with Crippen molar-refractivity contribution < 1.29 is 4.74 Å². The fraction of sp³-hybridized carbons (Fsp3) is 0.150. The fourth-order valence-corrected chi connectivity index (χ4v) is 2.80. The smallest absolute Gasteiger partial charge is 0.253 e. The molecular weight excluding hydrogens is 326 g/mol. The Bertz CT molecular complexity index is 1040. The van der Waals surface area contributed by atoms with Crippen molar-refractivity contribution in [3.63, 3.8) is 0 Å². The van der Waals surface area contributed by atoms with Gasteiger partial charge in [-0.1, -0.05) is 18.2 Å². The molecule has 0 aliphatic heterocycles. The maximum Gasteiger partial charge on any atom is 0.253 e. The van der Waals surface area contributed by atoms with E-state index in [1.165, 1.54) is 12.8 Å². The third kappa shape index (κ3) is 2.97. The number of fused-ring (bicyclic) bond motifs is 1. The zero-order chi connectivity index (χ0) is 17.3. The van der Waals surface area contributed by atoms with Crippen molar-refractivity contribution in [2.45, 2.75) is 18.9 Å². The van der Waals surface area contributed by atoms with Crippen LogP contribution in [0.2, 0.25) is 0 Å². The van der Waals surface area contributed by atoms with E-state index in [1.807, 2.05) is 60.8 Å². The zero-order valence-electron chi connectivity index (χ0n) is 14.0. The van der Waals surface area contributed by atoms with E-state index in [0.717, 1.165) is 28.2 Å². The molecule has 26 heavy (non-hydrogen) atoms. The lowest BCUT2D eigenvalue weighted by molar-refractivity contribution is 0.483. The van der Waals surface area contributed by atoms with Crippen LogP contribution >= 0.6 is 0 Å². The first-order valence-electron chi connectivity index (χ1n) is 8.66. The molecule has 2 aromatic carbocycles. The van der Waals surface area contributed by atoms with Crippen LogP contribution in [-0.4, -0.2) is 25.8 Å². The van der Waals surface area contributed by atoms with E-state index >= 15 is 0 Å². The molecule has 0 bridgehead atoms. The molecule has 2 aromatic heterocycles. The van der Waals surface area contributed by atoms with Crippen LogP contribution < -0.4 is 10.1 Å². The Morgan fingerprint density at radius 3 is 2.62 bits per heavy atom. The molecule has 0 unspecified atom stereocenters. The van der Waals surface area contributed by atoms with Gasteiger partial charge in [0.2, 0.25) is 0 Å². The van der Waals surface area contributed by atoms with Crippen molar-refractivity contribution in [3.8, 4) is 17.4 Å². The molecule has 0 atom stereocenters. The first-order chi connectivity index (χ1) is 12.8. The number of benzene rings is 2. The molecule has 0 radical (unpaired) electrons. The van der Waals surface area contributed by atoms with Crippen molar-refractivity contribution in [2.24, 2.45) is 0 Å². The van der Waals surface area contributed by atoms with Gasteiger partial charge in [0, 0.05) is 23.8 Å². The molecule has 128 valence electrons. The summed E-state index contributed by atoms with van der Waals surface area (Å²) in [5.41, 5.74) is 0.856. The number of rotatable bonds is 5. The van der Waals surface area contributed by atoms with Crippen molar-refractivity contribution in [2.75, 3.05) is 5.32 Å². The van der Waals surface area contributed by atoms with Crippen molar-refractivity contribution in [1.29, 1.82) is 0 Å². The number of nitrogens with zero attached hydrogens (tertiary/aromatic N) is 4. The van der Waals surface area contributed by atoms with Crippen LogP contribution in [-0.2, 0) is 0 Å². The fourth-order valence-electron chi connectivity index (χ4n) is 2.80. The largest absolute Gasteiger partial charge is 0.457 e. The Morgan fingerprint density at radius 2 is 1.85 bits per heavy atom. The molecule has 0 amide bonds. The van der Waals surface area contributed by atoms with E-state index in [0.29, 0.717) is 12.0 Å². The van der Waals surface area contributed by atoms with Gasteiger partial charge in [0.15, 0.2) is 0 Å². The number of hydrogen-bond acceptors (Lipinski definition) is 5. The predicted molar refractivity (Wildman–Crippen MR) is 99.8 cm³/mol. The second-order valence-corrected chi connectivity index (χ2v) is 6.34. The Morgan fingerprint density at radius 1 is 0.962 bits per heavy atom. The Kier molecular flexibility index (Phi) is 3.52. The lowest BCUT2D eigenvalue weighted by Crippen LogP contribution is -2.09. The SMILES string of the molecule is c1ccc(Oc2ccc3nc(-n4cccn4)nc(NC4CC4)c3c2)cc1. The Hall–Kier alpha value is -3.41. The van der Waals surface area contributed by atoms with Gasteiger partial charge in [-0.2, -0.15) is 10.1 Å². The van der Waals surface area contributed by atoms with Crippen LogP contribution in [0.15, 0.2) is 67.0 Å². The minimum atomic E-state index is 0.484. The van der Waals surface area contributed by atoms with E-state index in [-0.39, 0.29) is 0 Å². The Labute approximate surface area is 150 Å². The minimum absolute atomic E-state index is 0.484. The van der Waals surface area contributed by atoms with Crippen LogP contribution in [0.4, 0.5) is 5.82 Å². The number of ether oxygens (including phenoxy) is 1. The number of para-hydroxylation sites is 1. The highest BCUT2D eigenvalue weighted by Gasteiger charge is 2.23. The molecular formula is C20H17N5O. The quantitative estimate of drug-likeness (QED) is 0.589. The van der Waals surface area contributed by atoms with Crippen molar-refractivity contribution in [1.82, 2.24) is 19.7 Å². The highest BCUT2D eigenvalue weighted by atomic mass is 16.5. The summed E-state index contributed by atoms with van der Waals surface area (Å²) in [5.74, 6) is 2.94. The van der Waals surface area contributed by atoms with Gasteiger partial charge in [-0.15, -0.1) is 0 Å². The summed E-state index contributed by atoms with van der Waals surface area (Å²) in [7, 11) is 0. The van der Waals surface area contributed by atoms with Gasteiger partial charge in [0.05, 0.1) is 5.52 Å². The summed E-state index contributed by atoms with van der Waals surface area (Å²) in [5, 5.41) is 8.69. The molecule has 6 heteroatoms. The molecule has 5 rings (SSSR count). The predicted octanol–water partition coefficient (Wildman–Crippen LogP) is 4.18. The average molecular weight is 343 g/mol. The third-order valence-corrected chi connectivity index (χ3v) is 4.26. The molecule has 1 N–H and O–H groups in total. The number of aromatic nitrogens is 4. The molecule has 1 fully saturated rings. The van der Waals surface area contributed by atoms with Gasteiger partial charge in [-0.05, 0) is 49.2 Å². The van der Waals surface area contributed by atoms with E-state index in [4.69, 9.17) is 9.72 Å². The molecule has 0 saturated heterocycles. The first kappa shape index (κ1) is 14.9. The molecule has 1 saturated carbocycles. The van der Waals surface area contributed by atoms with Gasteiger partial charge < -0.3 is 10.1 Å². The second-order valence-electron chi connectivity index (χ2n) is 6.34. The summed E-state index contributed by atoms with van der Waals surface area (Å²) in [6.07, 6.45) is 5.90. The van der Waals surface area contributed by atoms with Crippen molar-refractivity contribution >= 4 is 16.7 Å². The third-order valence-electron chi connectivity index (χ3n) is 4.26. The van der Waals surface area contributed by atoms with E-state index < -0.39 is 0 Å². The molecule has 6 nitrogen and oxygen atoms in total. The minimum Gasteiger partial charge on any atom is -0.457 e. The van der Waals surface area contributed by atoms with Crippen LogP contribution in [0.5, 0.6) is 11.5 Å². The van der Waals surface area contributed by atoms with Gasteiger partial charge in [-0.25, -0.2) is 9.67 Å². The molecule has 4 aromatic rings. The normalized spacial score (nSPS) is 13.7. The monoisotopic (exact) mass is 343 g/mol. The molecule has 1 aliphatic carbocycles. The Balaban J connectivity index is 1.58. The summed E-state index contributed by atoms with van der Waals surface area (Å²) >= 11 is 0. The van der Waals surface area contributed by atoms with E-state index in [9.17, 15) is 0 Å². The standard InChI is InChI=1S/C20H17N5O/c1-2-5-15(6-3-1)26-16-9-10-18-17(13-16)19(22-14-7-8-14)24-20(23-18)25-12-4-11-21-25/h1-6,9-14H,7-8H2,(H,22,23,24). The van der Waals surface area contributed by atoms with Gasteiger partial charge in [0.25, 0.3) is 5.95 Å². The number of nitrogens with one attached hydrogen (secondary N) is 1. The lowest BCUT2D eigenvalue weighted by Gasteiger charge is -2.12. The van der Waals surface area contributed by atoms with Gasteiger partial charge in [0.1, 0.15) is 17.3 Å².